The Morgan fingerprint density at radius 2 is 1.80 bits per heavy atom. The molecule has 0 aliphatic carbocycles. The van der Waals surface area contributed by atoms with Crippen molar-refractivity contribution >= 4 is 29.9 Å². The zero-order chi connectivity index (χ0) is 13.6. The van der Waals surface area contributed by atoms with E-state index < -0.39 is 0 Å². The van der Waals surface area contributed by atoms with Crippen LogP contribution in [0.2, 0.25) is 0 Å². The molecule has 0 atom stereocenters. The van der Waals surface area contributed by atoms with Crippen LogP contribution >= 0.6 is 0 Å². The molecule has 1 aromatic carbocycles. The summed E-state index contributed by atoms with van der Waals surface area (Å²) < 4.78 is 0. The number of hydrogen-bond acceptors (Lipinski definition) is 3. The zero-order valence-electron chi connectivity index (χ0n) is 10.8. The summed E-state index contributed by atoms with van der Waals surface area (Å²) in [6, 6.07) is 8.03. The first kappa shape index (κ1) is 12.2. The van der Waals surface area contributed by atoms with Crippen LogP contribution in [-0.2, 0) is 0 Å². The fraction of sp³-hybridized carbons (Fsp3) is 0. The van der Waals surface area contributed by atoms with E-state index in [0.717, 1.165) is 22.5 Å². The molecule has 0 saturated carbocycles. The molecule has 0 aromatic heterocycles. The number of para-hydroxylation sites is 1. The Balaban J connectivity index is 1.97. The second-order valence-electron chi connectivity index (χ2n) is 4.29. The van der Waals surface area contributed by atoms with Crippen molar-refractivity contribution in [3.63, 3.8) is 0 Å². The van der Waals surface area contributed by atoms with Crippen molar-refractivity contribution in [3.05, 3.63) is 71.9 Å². The highest BCUT2D eigenvalue weighted by molar-refractivity contribution is 6.22. The molecule has 96 valence electrons. The summed E-state index contributed by atoms with van der Waals surface area (Å²) in [6.07, 6.45) is 17.2. The predicted molar refractivity (Wildman–Crippen MR) is 85.9 cm³/mol. The second-order valence-corrected chi connectivity index (χ2v) is 4.29. The predicted octanol–water partition coefficient (Wildman–Crippen LogP) is 3.89. The molecule has 3 nitrogen and oxygen atoms in total. The molecule has 0 N–H and O–H groups in total. The fourth-order valence-electron chi connectivity index (χ4n) is 1.92. The summed E-state index contributed by atoms with van der Waals surface area (Å²) >= 11 is 0. The summed E-state index contributed by atoms with van der Waals surface area (Å²) in [7, 11) is 0. The van der Waals surface area contributed by atoms with E-state index in [-0.39, 0.29) is 0 Å². The maximum Gasteiger partial charge on any atom is 0.0944 e. The van der Waals surface area contributed by atoms with Crippen molar-refractivity contribution in [3.8, 4) is 0 Å². The number of aliphatic imine (C=N–C) groups is 1. The highest BCUT2D eigenvalue weighted by Crippen LogP contribution is 2.21. The van der Waals surface area contributed by atoms with Crippen LogP contribution in [0.25, 0.3) is 6.08 Å². The lowest BCUT2D eigenvalue weighted by molar-refractivity contribution is 1.25. The van der Waals surface area contributed by atoms with Crippen molar-refractivity contribution in [2.24, 2.45) is 15.2 Å². The Hall–Kier alpha value is -2.81. The average Bonchev–Trinajstić information content (AvgIpc) is 2.41. The van der Waals surface area contributed by atoms with Gasteiger partial charge in [0.2, 0.25) is 0 Å². The molecule has 2 aliphatic heterocycles. The van der Waals surface area contributed by atoms with Crippen molar-refractivity contribution in [2.45, 2.75) is 0 Å². The Morgan fingerprint density at radius 3 is 2.80 bits per heavy atom. The maximum absolute atomic E-state index is 4.53. The van der Waals surface area contributed by atoms with Crippen LogP contribution in [0.1, 0.15) is 5.56 Å². The highest BCUT2D eigenvalue weighted by atomic mass is 15.2. The van der Waals surface area contributed by atoms with E-state index in [4.69, 9.17) is 0 Å². The normalized spacial score (nSPS) is 21.4. The van der Waals surface area contributed by atoms with Gasteiger partial charge in [0.1, 0.15) is 0 Å². The summed E-state index contributed by atoms with van der Waals surface area (Å²) in [4.78, 5) is 4.53. The monoisotopic (exact) mass is 259 g/mol. The van der Waals surface area contributed by atoms with Gasteiger partial charge in [0.05, 0.1) is 11.4 Å². The summed E-state index contributed by atoms with van der Waals surface area (Å²) in [5.74, 6) is 0. The molecule has 20 heavy (non-hydrogen) atoms. The van der Waals surface area contributed by atoms with Gasteiger partial charge in [0.15, 0.2) is 0 Å². The Labute approximate surface area is 117 Å². The van der Waals surface area contributed by atoms with Crippen molar-refractivity contribution in [1.82, 2.24) is 0 Å². The molecule has 2 aliphatic rings. The van der Waals surface area contributed by atoms with Gasteiger partial charge < -0.3 is 0 Å². The van der Waals surface area contributed by atoms with E-state index in [0.29, 0.717) is 0 Å². The number of hydrogen-bond donors (Lipinski definition) is 0. The minimum absolute atomic E-state index is 0.790. The van der Waals surface area contributed by atoms with E-state index in [1.165, 1.54) is 0 Å². The van der Waals surface area contributed by atoms with E-state index in [9.17, 15) is 0 Å². The number of nitrogens with zero attached hydrogens (tertiary/aromatic N) is 3. The Bertz CT molecular complexity index is 714. The van der Waals surface area contributed by atoms with Crippen LogP contribution in [0.5, 0.6) is 0 Å². The third kappa shape index (κ3) is 2.78. The zero-order valence-corrected chi connectivity index (χ0v) is 10.8. The standard InChI is InChI=1S/C17H13N3/c1-2-11-17(20-19-12-5-1)15-9-6-8-14-7-3-4-10-16(14)18-13-15/h1-13H/b2-1?,5-1-,8-6-,9-6?,11-2?,12-5?,14-8?,15-9?,15-13?,17-11?,18-13?,18-16?,19-12-,20-17?,20-19?. The molecular formula is C17H13N3. The number of benzene rings is 1. The van der Waals surface area contributed by atoms with Gasteiger partial charge in [0, 0.05) is 23.6 Å². The molecule has 0 fully saturated rings. The van der Waals surface area contributed by atoms with Gasteiger partial charge in [-0.1, -0.05) is 48.6 Å². The molecule has 0 spiro atoms. The third-order valence-electron chi connectivity index (χ3n) is 2.92. The molecule has 3 rings (SSSR count). The first-order chi connectivity index (χ1) is 9.93. The maximum atomic E-state index is 4.53. The molecule has 0 unspecified atom stereocenters. The van der Waals surface area contributed by atoms with Gasteiger partial charge in [-0.15, -0.1) is 0 Å². The number of rotatable bonds is 1. The topological polar surface area (TPSA) is 37.1 Å². The third-order valence-corrected chi connectivity index (χ3v) is 2.92. The van der Waals surface area contributed by atoms with E-state index >= 15 is 0 Å². The molecule has 0 bridgehead atoms. The Kier molecular flexibility index (Phi) is 3.60. The van der Waals surface area contributed by atoms with Crippen molar-refractivity contribution < 1.29 is 0 Å². The lowest BCUT2D eigenvalue weighted by Gasteiger charge is -2.05. The molecule has 0 saturated heterocycles. The lowest BCUT2D eigenvalue weighted by Crippen LogP contribution is -2.01. The number of allylic oxidation sites excluding steroid dienone is 7. The second kappa shape index (κ2) is 5.89. The van der Waals surface area contributed by atoms with Crippen LogP contribution in [0.4, 0.5) is 5.69 Å². The van der Waals surface area contributed by atoms with Gasteiger partial charge >= 0.3 is 0 Å². The van der Waals surface area contributed by atoms with E-state index in [1.54, 1.807) is 6.21 Å². The summed E-state index contributed by atoms with van der Waals surface area (Å²) in [5.41, 5.74) is 3.78. The average molecular weight is 259 g/mol. The van der Waals surface area contributed by atoms with Gasteiger partial charge in [-0.25, -0.2) is 0 Å². The first-order valence-corrected chi connectivity index (χ1v) is 6.40. The van der Waals surface area contributed by atoms with Gasteiger partial charge in [-0.05, 0) is 18.2 Å². The SMILES string of the molecule is C1=CC(C2=C/C=C\c3ccccc3N=C2)=N/N=C\C=C/1. The summed E-state index contributed by atoms with van der Waals surface area (Å²) in [5, 5.41) is 8.17. The summed E-state index contributed by atoms with van der Waals surface area (Å²) in [6.45, 7) is 0. The quantitative estimate of drug-likeness (QED) is 0.733. The molecule has 2 heterocycles. The minimum Gasteiger partial charge on any atom is -0.256 e. The van der Waals surface area contributed by atoms with Gasteiger partial charge in [-0.2, -0.15) is 10.2 Å². The fourth-order valence-corrected chi connectivity index (χ4v) is 1.92. The van der Waals surface area contributed by atoms with Gasteiger partial charge in [0.25, 0.3) is 0 Å². The molecule has 1 aromatic rings. The molecular weight excluding hydrogens is 246 g/mol. The largest absolute Gasteiger partial charge is 0.256 e. The molecule has 0 radical (unpaired) electrons. The van der Waals surface area contributed by atoms with Crippen LogP contribution < -0.4 is 0 Å². The Morgan fingerprint density at radius 1 is 0.850 bits per heavy atom. The molecule has 0 amide bonds. The lowest BCUT2D eigenvalue weighted by atomic mass is 10.1. The van der Waals surface area contributed by atoms with Crippen LogP contribution in [0.15, 0.2) is 81.5 Å². The van der Waals surface area contributed by atoms with E-state index in [1.807, 2.05) is 73.0 Å². The van der Waals surface area contributed by atoms with Crippen molar-refractivity contribution in [1.29, 1.82) is 0 Å². The van der Waals surface area contributed by atoms with Crippen molar-refractivity contribution in [2.75, 3.05) is 0 Å². The van der Waals surface area contributed by atoms with Crippen LogP contribution in [-0.4, -0.2) is 18.1 Å². The highest BCUT2D eigenvalue weighted by Gasteiger charge is 2.04. The van der Waals surface area contributed by atoms with Crippen LogP contribution in [0.3, 0.4) is 0 Å². The smallest absolute Gasteiger partial charge is 0.0944 e. The number of fused-ring (bicyclic) bond motifs is 1. The van der Waals surface area contributed by atoms with Gasteiger partial charge in [-0.3, -0.25) is 4.99 Å². The minimum atomic E-state index is 0.790. The molecule has 3 heteroatoms. The van der Waals surface area contributed by atoms with E-state index in [2.05, 4.69) is 15.2 Å². The van der Waals surface area contributed by atoms with Crippen LogP contribution in [0, 0.1) is 0 Å². The first-order valence-electron chi connectivity index (χ1n) is 6.40.